The number of anilines is 2. The number of hydrogen-bond donors (Lipinski definition) is 2. The highest BCUT2D eigenvalue weighted by Crippen LogP contribution is 2.24. The second-order valence-corrected chi connectivity index (χ2v) is 7.18. The summed E-state index contributed by atoms with van der Waals surface area (Å²) in [5.41, 5.74) is 7.23. The predicted molar refractivity (Wildman–Crippen MR) is 96.6 cm³/mol. The van der Waals surface area contributed by atoms with Crippen LogP contribution in [-0.2, 0) is 9.47 Å². The van der Waals surface area contributed by atoms with Gasteiger partial charge in [-0.15, -0.1) is 0 Å². The molecule has 1 amide bonds. The number of ether oxygens (including phenoxy) is 2. The maximum absolute atomic E-state index is 12.1. The molecule has 1 aromatic carbocycles. The molecule has 1 aromatic rings. The van der Waals surface area contributed by atoms with Crippen LogP contribution in [0.15, 0.2) is 18.2 Å². The van der Waals surface area contributed by atoms with Gasteiger partial charge in [0.25, 0.3) is 0 Å². The van der Waals surface area contributed by atoms with E-state index in [9.17, 15) is 9.59 Å². The molecule has 1 saturated heterocycles. The molecule has 7 nitrogen and oxygen atoms in total. The third kappa shape index (κ3) is 5.27. The van der Waals surface area contributed by atoms with Gasteiger partial charge in [0.15, 0.2) is 0 Å². The molecule has 0 aromatic heterocycles. The Morgan fingerprint density at radius 1 is 1.24 bits per heavy atom. The average Bonchev–Trinajstić information content (AvgIpc) is 2.55. The lowest BCUT2D eigenvalue weighted by Gasteiger charge is -2.34. The number of likely N-dealkylation sites (tertiary alicyclic amines) is 1. The number of benzene rings is 1. The monoisotopic (exact) mass is 349 g/mol. The largest absolute Gasteiger partial charge is 0.465 e. The van der Waals surface area contributed by atoms with E-state index in [1.165, 1.54) is 7.11 Å². The van der Waals surface area contributed by atoms with Crippen LogP contribution in [0.3, 0.4) is 0 Å². The van der Waals surface area contributed by atoms with Crippen molar-refractivity contribution in [1.29, 1.82) is 0 Å². The van der Waals surface area contributed by atoms with E-state index in [0.717, 1.165) is 12.8 Å². The predicted octanol–water partition coefficient (Wildman–Crippen LogP) is 2.87. The van der Waals surface area contributed by atoms with Gasteiger partial charge in [0.2, 0.25) is 0 Å². The van der Waals surface area contributed by atoms with Gasteiger partial charge in [0.05, 0.1) is 24.0 Å². The zero-order chi connectivity index (χ0) is 18.6. The van der Waals surface area contributed by atoms with Crippen molar-refractivity contribution in [2.24, 2.45) is 0 Å². The van der Waals surface area contributed by atoms with Crippen LogP contribution in [0.25, 0.3) is 0 Å². The minimum Gasteiger partial charge on any atom is -0.465 e. The topological polar surface area (TPSA) is 93.9 Å². The molecular formula is C18H27N3O4. The second kappa shape index (κ2) is 7.63. The van der Waals surface area contributed by atoms with Crippen molar-refractivity contribution >= 4 is 23.4 Å². The summed E-state index contributed by atoms with van der Waals surface area (Å²) in [6, 6.07) is 5.19. The fraction of sp³-hybridized carbons (Fsp3) is 0.556. The fourth-order valence-corrected chi connectivity index (χ4v) is 2.68. The molecule has 1 fully saturated rings. The zero-order valence-electron chi connectivity index (χ0n) is 15.3. The molecule has 0 bridgehead atoms. The molecule has 0 radical (unpaired) electrons. The first kappa shape index (κ1) is 18.9. The summed E-state index contributed by atoms with van der Waals surface area (Å²) in [6.45, 7) is 6.80. The lowest BCUT2D eigenvalue weighted by atomic mass is 10.0. The van der Waals surface area contributed by atoms with Crippen molar-refractivity contribution in [3.63, 3.8) is 0 Å². The van der Waals surface area contributed by atoms with Crippen LogP contribution < -0.4 is 11.1 Å². The third-order valence-electron chi connectivity index (χ3n) is 3.98. The first-order chi connectivity index (χ1) is 11.7. The van der Waals surface area contributed by atoms with E-state index in [2.05, 4.69) is 5.32 Å². The Labute approximate surface area is 148 Å². The molecule has 1 heterocycles. The Morgan fingerprint density at radius 2 is 1.88 bits per heavy atom. The van der Waals surface area contributed by atoms with Gasteiger partial charge >= 0.3 is 12.1 Å². The van der Waals surface area contributed by atoms with Crippen LogP contribution in [0.1, 0.15) is 44.0 Å². The number of nitrogen functional groups attached to an aromatic ring is 1. The number of rotatable bonds is 3. The lowest BCUT2D eigenvalue weighted by Crippen LogP contribution is -2.44. The minimum absolute atomic E-state index is 0.175. The highest BCUT2D eigenvalue weighted by Gasteiger charge is 2.27. The highest BCUT2D eigenvalue weighted by molar-refractivity contribution is 5.92. The summed E-state index contributed by atoms with van der Waals surface area (Å²) in [5.74, 6) is -0.400. The van der Waals surface area contributed by atoms with Crippen LogP contribution in [0, 0.1) is 0 Å². The van der Waals surface area contributed by atoms with Gasteiger partial charge in [-0.2, -0.15) is 0 Å². The average molecular weight is 349 g/mol. The smallest absolute Gasteiger partial charge is 0.410 e. The summed E-state index contributed by atoms with van der Waals surface area (Å²) >= 11 is 0. The third-order valence-corrected chi connectivity index (χ3v) is 3.98. The Balaban J connectivity index is 1.94. The van der Waals surface area contributed by atoms with E-state index in [-0.39, 0.29) is 12.1 Å². The van der Waals surface area contributed by atoms with E-state index in [1.807, 2.05) is 20.8 Å². The number of carbonyl (C=O) groups excluding carboxylic acids is 2. The summed E-state index contributed by atoms with van der Waals surface area (Å²) in [5, 5.41) is 3.36. The maximum atomic E-state index is 12.1. The van der Waals surface area contributed by atoms with Gasteiger partial charge in [-0.3, -0.25) is 0 Å². The molecular weight excluding hydrogens is 322 g/mol. The van der Waals surface area contributed by atoms with Gasteiger partial charge in [0.1, 0.15) is 5.60 Å². The van der Waals surface area contributed by atoms with Gasteiger partial charge in [0, 0.05) is 19.1 Å². The molecule has 0 aliphatic carbocycles. The van der Waals surface area contributed by atoms with Crippen molar-refractivity contribution in [1.82, 2.24) is 4.90 Å². The van der Waals surface area contributed by atoms with Crippen molar-refractivity contribution in [2.45, 2.75) is 45.3 Å². The van der Waals surface area contributed by atoms with Crippen molar-refractivity contribution in [3.8, 4) is 0 Å². The van der Waals surface area contributed by atoms with Gasteiger partial charge in [-0.25, -0.2) is 9.59 Å². The SMILES string of the molecule is COC(=O)c1ccc(N)c(NC2CCN(C(=O)OC(C)(C)C)CC2)c1. The van der Waals surface area contributed by atoms with Gasteiger partial charge in [-0.05, 0) is 51.8 Å². The zero-order valence-corrected chi connectivity index (χ0v) is 15.3. The number of hydrogen-bond acceptors (Lipinski definition) is 6. The van der Waals surface area contributed by atoms with E-state index in [0.29, 0.717) is 30.0 Å². The molecule has 0 atom stereocenters. The standard InChI is InChI=1S/C18H27N3O4/c1-18(2,3)25-17(23)21-9-7-13(8-10-21)20-15-11-12(16(22)24-4)5-6-14(15)19/h5-6,11,13,20H,7-10,19H2,1-4H3. The normalized spacial score (nSPS) is 15.6. The van der Waals surface area contributed by atoms with Crippen molar-refractivity contribution in [3.05, 3.63) is 23.8 Å². The van der Waals surface area contributed by atoms with Crippen molar-refractivity contribution in [2.75, 3.05) is 31.2 Å². The summed E-state index contributed by atoms with van der Waals surface area (Å²) in [7, 11) is 1.35. The van der Waals surface area contributed by atoms with Crippen LogP contribution in [0.5, 0.6) is 0 Å². The van der Waals surface area contributed by atoms with E-state index >= 15 is 0 Å². The lowest BCUT2D eigenvalue weighted by molar-refractivity contribution is 0.0210. The molecule has 7 heteroatoms. The second-order valence-electron chi connectivity index (χ2n) is 7.18. The quantitative estimate of drug-likeness (QED) is 0.644. The molecule has 25 heavy (non-hydrogen) atoms. The first-order valence-corrected chi connectivity index (χ1v) is 8.42. The molecule has 0 unspecified atom stereocenters. The number of nitrogens with two attached hydrogens (primary N) is 1. The molecule has 0 spiro atoms. The Kier molecular flexibility index (Phi) is 5.77. The molecule has 0 saturated carbocycles. The van der Waals surface area contributed by atoms with Crippen LogP contribution in [0.4, 0.5) is 16.2 Å². The number of esters is 1. The van der Waals surface area contributed by atoms with Crippen LogP contribution in [-0.4, -0.2) is 48.8 Å². The Hall–Kier alpha value is -2.44. The number of nitrogens with one attached hydrogen (secondary N) is 1. The van der Waals surface area contributed by atoms with Crippen molar-refractivity contribution < 1.29 is 19.1 Å². The Bertz CT molecular complexity index is 632. The molecule has 1 aliphatic rings. The molecule has 3 N–H and O–H groups in total. The van der Waals surface area contributed by atoms with E-state index in [1.54, 1.807) is 23.1 Å². The van der Waals surface area contributed by atoms with Crippen LogP contribution in [0.2, 0.25) is 0 Å². The maximum Gasteiger partial charge on any atom is 0.410 e. The van der Waals surface area contributed by atoms with Crippen LogP contribution >= 0.6 is 0 Å². The number of amides is 1. The highest BCUT2D eigenvalue weighted by atomic mass is 16.6. The molecule has 1 aliphatic heterocycles. The molecule has 138 valence electrons. The number of nitrogens with zero attached hydrogens (tertiary/aromatic N) is 1. The van der Waals surface area contributed by atoms with Gasteiger partial charge < -0.3 is 25.4 Å². The minimum atomic E-state index is -0.491. The number of carbonyl (C=O) groups is 2. The summed E-state index contributed by atoms with van der Waals surface area (Å²) < 4.78 is 10.1. The Morgan fingerprint density at radius 3 is 2.44 bits per heavy atom. The number of piperidine rings is 1. The molecule has 2 rings (SSSR count). The number of methoxy groups -OCH3 is 1. The fourth-order valence-electron chi connectivity index (χ4n) is 2.68. The first-order valence-electron chi connectivity index (χ1n) is 8.42. The summed E-state index contributed by atoms with van der Waals surface area (Å²) in [4.78, 5) is 25.5. The van der Waals surface area contributed by atoms with E-state index < -0.39 is 11.6 Å². The summed E-state index contributed by atoms with van der Waals surface area (Å²) in [6.07, 6.45) is 1.28. The van der Waals surface area contributed by atoms with Gasteiger partial charge in [-0.1, -0.05) is 0 Å². The van der Waals surface area contributed by atoms with E-state index in [4.69, 9.17) is 15.2 Å².